The van der Waals surface area contributed by atoms with Crippen LogP contribution in [0.3, 0.4) is 0 Å². The van der Waals surface area contributed by atoms with Crippen LogP contribution in [0.4, 0.5) is 5.69 Å². The van der Waals surface area contributed by atoms with Crippen molar-refractivity contribution in [3.8, 4) is 5.75 Å². The van der Waals surface area contributed by atoms with Crippen molar-refractivity contribution in [1.82, 2.24) is 0 Å². The summed E-state index contributed by atoms with van der Waals surface area (Å²) in [5.41, 5.74) is 2.44. The Morgan fingerprint density at radius 2 is 1.71 bits per heavy atom. The van der Waals surface area contributed by atoms with Gasteiger partial charge in [0, 0.05) is 19.2 Å². The lowest BCUT2D eigenvalue weighted by molar-refractivity contribution is -0.131. The lowest BCUT2D eigenvalue weighted by Gasteiger charge is -2.07. The number of aryl methyl sites for hydroxylation is 1. The second-order valence-corrected chi connectivity index (χ2v) is 4.99. The normalized spacial score (nSPS) is 10.1. The van der Waals surface area contributed by atoms with Crippen LogP contribution in [-0.2, 0) is 11.2 Å². The molecule has 0 heterocycles. The van der Waals surface area contributed by atoms with Gasteiger partial charge < -0.3 is 10.1 Å². The molecule has 0 aliphatic heterocycles. The molecule has 0 radical (unpaired) electrons. The van der Waals surface area contributed by atoms with Gasteiger partial charge in [-0.05, 0) is 49.1 Å². The number of nitrogens with one attached hydrogen (secondary N) is 1. The predicted molar refractivity (Wildman–Crippen MR) is 85.6 cm³/mol. The van der Waals surface area contributed by atoms with Gasteiger partial charge in [0.1, 0.15) is 5.75 Å². The van der Waals surface area contributed by atoms with Gasteiger partial charge in [-0.2, -0.15) is 0 Å². The van der Waals surface area contributed by atoms with E-state index in [9.17, 15) is 4.79 Å². The smallest absolute Gasteiger partial charge is 0.308 e. The monoisotopic (exact) mass is 283 g/mol. The van der Waals surface area contributed by atoms with Crippen molar-refractivity contribution < 1.29 is 9.53 Å². The first kappa shape index (κ1) is 15.1. The van der Waals surface area contributed by atoms with Gasteiger partial charge in [-0.3, -0.25) is 4.79 Å². The highest BCUT2D eigenvalue weighted by molar-refractivity contribution is 5.69. The highest BCUT2D eigenvalue weighted by atomic mass is 16.5. The first-order chi connectivity index (χ1) is 10.2. The van der Waals surface area contributed by atoms with E-state index in [4.69, 9.17) is 4.74 Å². The van der Waals surface area contributed by atoms with Gasteiger partial charge in [0.15, 0.2) is 0 Å². The highest BCUT2D eigenvalue weighted by Gasteiger charge is 1.98. The van der Waals surface area contributed by atoms with Gasteiger partial charge in [0.05, 0.1) is 0 Å². The van der Waals surface area contributed by atoms with Crippen molar-refractivity contribution >= 4 is 11.7 Å². The molecule has 0 atom stereocenters. The largest absolute Gasteiger partial charge is 0.427 e. The fourth-order valence-electron chi connectivity index (χ4n) is 2.14. The molecule has 0 aromatic heterocycles. The van der Waals surface area contributed by atoms with E-state index < -0.39 is 0 Å². The van der Waals surface area contributed by atoms with Crippen molar-refractivity contribution in [3.05, 3.63) is 60.2 Å². The van der Waals surface area contributed by atoms with E-state index in [1.165, 1.54) is 18.9 Å². The maximum Gasteiger partial charge on any atom is 0.308 e. The lowest BCUT2D eigenvalue weighted by atomic mass is 10.1. The summed E-state index contributed by atoms with van der Waals surface area (Å²) < 4.78 is 4.99. The van der Waals surface area contributed by atoms with E-state index in [0.717, 1.165) is 25.1 Å². The Morgan fingerprint density at radius 3 is 2.38 bits per heavy atom. The van der Waals surface area contributed by atoms with Crippen LogP contribution in [-0.4, -0.2) is 12.5 Å². The molecule has 21 heavy (non-hydrogen) atoms. The van der Waals surface area contributed by atoms with Gasteiger partial charge in [0.25, 0.3) is 0 Å². The van der Waals surface area contributed by atoms with Gasteiger partial charge in [-0.1, -0.05) is 30.3 Å². The molecular weight excluding hydrogens is 262 g/mol. The Morgan fingerprint density at radius 1 is 1.00 bits per heavy atom. The Kier molecular flexibility index (Phi) is 5.83. The summed E-state index contributed by atoms with van der Waals surface area (Å²) in [5.74, 6) is 0.286. The summed E-state index contributed by atoms with van der Waals surface area (Å²) >= 11 is 0. The number of rotatable bonds is 7. The Balaban J connectivity index is 1.65. The fraction of sp³-hybridized carbons (Fsp3) is 0.278. The van der Waals surface area contributed by atoms with Crippen LogP contribution in [0.1, 0.15) is 25.3 Å². The maximum absolute atomic E-state index is 10.8. The molecule has 0 unspecified atom stereocenters. The van der Waals surface area contributed by atoms with Crippen molar-refractivity contribution in [1.29, 1.82) is 0 Å². The van der Waals surface area contributed by atoms with Crippen molar-refractivity contribution in [2.45, 2.75) is 26.2 Å². The molecule has 0 fully saturated rings. The first-order valence-electron chi connectivity index (χ1n) is 7.30. The first-order valence-corrected chi connectivity index (χ1v) is 7.30. The van der Waals surface area contributed by atoms with E-state index in [1.54, 1.807) is 12.1 Å². The minimum absolute atomic E-state index is 0.295. The van der Waals surface area contributed by atoms with Gasteiger partial charge >= 0.3 is 5.97 Å². The summed E-state index contributed by atoms with van der Waals surface area (Å²) in [4.78, 5) is 10.8. The molecule has 3 nitrogen and oxygen atoms in total. The summed E-state index contributed by atoms with van der Waals surface area (Å²) in [6, 6.07) is 18.0. The molecule has 3 heteroatoms. The maximum atomic E-state index is 10.8. The summed E-state index contributed by atoms with van der Waals surface area (Å²) in [5, 5.41) is 3.37. The topological polar surface area (TPSA) is 38.3 Å². The number of ether oxygens (including phenoxy) is 1. The molecule has 0 saturated heterocycles. The summed E-state index contributed by atoms with van der Waals surface area (Å²) in [6.07, 6.45) is 3.41. The lowest BCUT2D eigenvalue weighted by Crippen LogP contribution is -2.03. The number of carbonyl (C=O) groups is 1. The number of benzene rings is 2. The number of unbranched alkanes of at least 4 members (excludes halogenated alkanes) is 1. The second kappa shape index (κ2) is 8.10. The molecule has 0 spiro atoms. The van der Waals surface area contributed by atoms with E-state index in [2.05, 4.69) is 29.6 Å². The van der Waals surface area contributed by atoms with E-state index >= 15 is 0 Å². The number of esters is 1. The van der Waals surface area contributed by atoms with Crippen LogP contribution >= 0.6 is 0 Å². The van der Waals surface area contributed by atoms with E-state index in [-0.39, 0.29) is 5.97 Å². The molecule has 2 aromatic rings. The third kappa shape index (κ3) is 5.69. The molecule has 0 aliphatic carbocycles. The Labute approximate surface area is 126 Å². The fourth-order valence-corrected chi connectivity index (χ4v) is 2.14. The zero-order chi connectivity index (χ0) is 14.9. The second-order valence-electron chi connectivity index (χ2n) is 4.99. The van der Waals surface area contributed by atoms with Gasteiger partial charge in [0.2, 0.25) is 0 Å². The highest BCUT2D eigenvalue weighted by Crippen LogP contribution is 2.16. The quantitative estimate of drug-likeness (QED) is 0.473. The predicted octanol–water partition coefficient (Wildman–Crippen LogP) is 4.05. The van der Waals surface area contributed by atoms with Crippen LogP contribution in [0.2, 0.25) is 0 Å². The van der Waals surface area contributed by atoms with Gasteiger partial charge in [-0.15, -0.1) is 0 Å². The van der Waals surface area contributed by atoms with Crippen molar-refractivity contribution in [2.24, 2.45) is 0 Å². The molecule has 2 aromatic carbocycles. The molecular formula is C18H21NO2. The Hall–Kier alpha value is -2.29. The third-order valence-corrected chi connectivity index (χ3v) is 3.18. The van der Waals surface area contributed by atoms with E-state index in [1.807, 2.05) is 18.2 Å². The number of carbonyl (C=O) groups excluding carboxylic acids is 1. The Bertz CT molecular complexity index is 549. The molecule has 0 amide bonds. The zero-order valence-corrected chi connectivity index (χ0v) is 12.3. The molecule has 0 saturated carbocycles. The molecule has 0 bridgehead atoms. The third-order valence-electron chi connectivity index (χ3n) is 3.18. The average Bonchev–Trinajstić information content (AvgIpc) is 2.49. The molecule has 1 N–H and O–H groups in total. The van der Waals surface area contributed by atoms with Crippen LogP contribution in [0.5, 0.6) is 5.75 Å². The zero-order valence-electron chi connectivity index (χ0n) is 12.3. The standard InChI is InChI=1S/C18H21NO2/c1-15(20)21-18-12-10-17(11-13-18)19-14-6-5-9-16-7-3-2-4-8-16/h2-4,7-8,10-13,19H,5-6,9,14H2,1H3. The SMILES string of the molecule is CC(=O)Oc1ccc(NCCCCc2ccccc2)cc1. The van der Waals surface area contributed by atoms with Crippen LogP contribution in [0.25, 0.3) is 0 Å². The van der Waals surface area contributed by atoms with Crippen LogP contribution in [0, 0.1) is 0 Å². The summed E-state index contributed by atoms with van der Waals surface area (Å²) in [7, 11) is 0. The van der Waals surface area contributed by atoms with E-state index in [0.29, 0.717) is 5.75 Å². The number of anilines is 1. The minimum atomic E-state index is -0.295. The number of hydrogen-bond acceptors (Lipinski definition) is 3. The molecule has 2 rings (SSSR count). The van der Waals surface area contributed by atoms with Crippen molar-refractivity contribution in [2.75, 3.05) is 11.9 Å². The number of hydrogen-bond donors (Lipinski definition) is 1. The average molecular weight is 283 g/mol. The minimum Gasteiger partial charge on any atom is -0.427 e. The van der Waals surface area contributed by atoms with Crippen LogP contribution in [0.15, 0.2) is 54.6 Å². The van der Waals surface area contributed by atoms with Crippen molar-refractivity contribution in [3.63, 3.8) is 0 Å². The van der Waals surface area contributed by atoms with Crippen LogP contribution < -0.4 is 10.1 Å². The van der Waals surface area contributed by atoms with Gasteiger partial charge in [-0.25, -0.2) is 0 Å². The summed E-state index contributed by atoms with van der Waals surface area (Å²) in [6.45, 7) is 2.35. The molecule has 0 aliphatic rings. The molecule has 110 valence electrons.